The molecule has 2 atom stereocenters. The molecule has 1 aromatic carbocycles. The third-order valence-electron chi connectivity index (χ3n) is 4.79. The van der Waals surface area contributed by atoms with Crippen molar-refractivity contribution in [1.29, 1.82) is 0 Å². The van der Waals surface area contributed by atoms with Gasteiger partial charge in [-0.15, -0.1) is 0 Å². The first-order valence-electron chi connectivity index (χ1n) is 9.48. The summed E-state index contributed by atoms with van der Waals surface area (Å²) in [7, 11) is -7.01. The molecule has 27 heavy (non-hydrogen) atoms. The van der Waals surface area contributed by atoms with Gasteiger partial charge in [0.2, 0.25) is 0 Å². The minimum atomic E-state index is -3.80. The van der Waals surface area contributed by atoms with Crippen LogP contribution in [0.2, 0.25) is 0 Å². The standard InChI is InChI=1S/C19H30O5S2Si/c1-5-13-19(26(20,21)25)15-17(14-16-11-9-10-12-18(16)19)27(22-6-2,23-7-3)24-8-4/h9-12,14H,5-8,13,15H2,1-4H3,(H,20,21,25)/p-1. The molecule has 2 unspecified atom stereocenters. The van der Waals surface area contributed by atoms with Crippen LogP contribution in [0.5, 0.6) is 0 Å². The molecule has 0 spiro atoms. The summed E-state index contributed by atoms with van der Waals surface area (Å²) in [5.74, 6) is 0. The minimum Gasteiger partial charge on any atom is -0.769 e. The molecule has 1 aliphatic carbocycles. The molecule has 1 aliphatic rings. The first kappa shape index (κ1) is 22.7. The van der Waals surface area contributed by atoms with Crippen molar-refractivity contribution in [2.75, 3.05) is 19.8 Å². The molecular weight excluding hydrogens is 400 g/mol. The van der Waals surface area contributed by atoms with Crippen molar-refractivity contribution in [3.63, 3.8) is 0 Å². The minimum absolute atomic E-state index is 0.246. The lowest BCUT2D eigenvalue weighted by Gasteiger charge is -2.45. The maximum atomic E-state index is 12.9. The van der Waals surface area contributed by atoms with Gasteiger partial charge in [-0.25, -0.2) is 0 Å². The van der Waals surface area contributed by atoms with E-state index < -0.39 is 22.3 Å². The molecule has 1 aromatic rings. The number of hydrogen-bond acceptors (Lipinski definition) is 6. The number of rotatable bonds is 10. The van der Waals surface area contributed by atoms with Gasteiger partial charge in [0.25, 0.3) is 0 Å². The molecule has 8 heteroatoms. The second kappa shape index (κ2) is 9.26. The highest BCUT2D eigenvalue weighted by molar-refractivity contribution is 8.30. The van der Waals surface area contributed by atoms with E-state index in [4.69, 9.17) is 24.5 Å². The van der Waals surface area contributed by atoms with Crippen molar-refractivity contribution >= 4 is 34.8 Å². The number of fused-ring (bicyclic) bond motifs is 1. The summed E-state index contributed by atoms with van der Waals surface area (Å²) < 4.78 is 42.7. The van der Waals surface area contributed by atoms with E-state index in [0.717, 1.165) is 16.3 Å². The summed E-state index contributed by atoms with van der Waals surface area (Å²) in [6, 6.07) is 7.55. The largest absolute Gasteiger partial charge is 0.769 e. The van der Waals surface area contributed by atoms with E-state index in [2.05, 4.69) is 0 Å². The van der Waals surface area contributed by atoms with E-state index in [1.54, 1.807) is 0 Å². The highest BCUT2D eigenvalue weighted by Gasteiger charge is 2.52. The Bertz CT molecular complexity index is 761. The van der Waals surface area contributed by atoms with Crippen LogP contribution in [0.1, 0.15) is 58.1 Å². The van der Waals surface area contributed by atoms with Crippen molar-refractivity contribution in [2.45, 2.75) is 51.7 Å². The molecule has 0 fully saturated rings. The Morgan fingerprint density at radius 1 is 1.11 bits per heavy atom. The van der Waals surface area contributed by atoms with Gasteiger partial charge in [-0.3, -0.25) is 4.21 Å². The van der Waals surface area contributed by atoms with Crippen LogP contribution in [0, 0.1) is 0 Å². The molecule has 0 aliphatic heterocycles. The van der Waals surface area contributed by atoms with Crippen molar-refractivity contribution in [3.05, 3.63) is 40.6 Å². The molecule has 0 radical (unpaired) electrons. The lowest BCUT2D eigenvalue weighted by molar-refractivity contribution is 0.0793. The second-order valence-electron chi connectivity index (χ2n) is 6.49. The zero-order valence-electron chi connectivity index (χ0n) is 16.5. The van der Waals surface area contributed by atoms with Gasteiger partial charge >= 0.3 is 8.80 Å². The van der Waals surface area contributed by atoms with Gasteiger partial charge in [0.1, 0.15) is 0 Å². The van der Waals surface area contributed by atoms with Crippen molar-refractivity contribution in [2.24, 2.45) is 0 Å². The summed E-state index contributed by atoms with van der Waals surface area (Å²) in [5.41, 5.74) is 1.61. The molecule has 0 saturated carbocycles. The Hall–Kier alpha value is -0.613. The van der Waals surface area contributed by atoms with Gasteiger partial charge in [-0.05, 0) is 64.7 Å². The molecule has 0 saturated heterocycles. The van der Waals surface area contributed by atoms with E-state index in [9.17, 15) is 8.76 Å². The van der Waals surface area contributed by atoms with E-state index >= 15 is 0 Å². The van der Waals surface area contributed by atoms with Crippen LogP contribution in [0.3, 0.4) is 0 Å². The van der Waals surface area contributed by atoms with E-state index in [0.29, 0.717) is 32.7 Å². The van der Waals surface area contributed by atoms with Crippen LogP contribution in [0.25, 0.3) is 6.08 Å². The van der Waals surface area contributed by atoms with Crippen LogP contribution in [-0.2, 0) is 38.0 Å². The van der Waals surface area contributed by atoms with Crippen LogP contribution >= 0.6 is 0 Å². The fourth-order valence-corrected chi connectivity index (χ4v) is 8.69. The zero-order chi connectivity index (χ0) is 20.1. The number of allylic oxidation sites excluding steroid dienone is 1. The van der Waals surface area contributed by atoms with Gasteiger partial charge < -0.3 is 17.8 Å². The predicted octanol–water partition coefficient (Wildman–Crippen LogP) is 3.93. The van der Waals surface area contributed by atoms with Crippen molar-refractivity contribution in [1.82, 2.24) is 0 Å². The Morgan fingerprint density at radius 2 is 1.67 bits per heavy atom. The number of benzene rings is 1. The summed E-state index contributed by atoms with van der Waals surface area (Å²) in [5, 5.41) is 0.786. The summed E-state index contributed by atoms with van der Waals surface area (Å²) >= 11 is 5.07. The molecule has 0 N–H and O–H groups in total. The molecule has 0 aromatic heterocycles. The fourth-order valence-electron chi connectivity index (χ4n) is 3.82. The number of hydrogen-bond donors (Lipinski definition) is 0. The molecule has 2 rings (SSSR count). The summed E-state index contributed by atoms with van der Waals surface area (Å²) in [6.07, 6.45) is 3.37. The highest BCUT2D eigenvalue weighted by Crippen LogP contribution is 2.48. The molecule has 152 valence electrons. The Morgan fingerprint density at radius 3 is 2.15 bits per heavy atom. The van der Waals surface area contributed by atoms with Crippen LogP contribution in [0.15, 0.2) is 29.5 Å². The topological polar surface area (TPSA) is 67.8 Å². The van der Waals surface area contributed by atoms with Crippen molar-refractivity contribution < 1.29 is 22.0 Å². The van der Waals surface area contributed by atoms with Gasteiger partial charge in [-0.2, -0.15) is 0 Å². The van der Waals surface area contributed by atoms with Crippen molar-refractivity contribution in [3.8, 4) is 0 Å². The second-order valence-corrected chi connectivity index (χ2v) is 12.1. The Kier molecular flexibility index (Phi) is 7.77. The summed E-state index contributed by atoms with van der Waals surface area (Å²) in [4.78, 5) is 0. The average Bonchev–Trinajstić information content (AvgIpc) is 2.61. The predicted molar refractivity (Wildman–Crippen MR) is 113 cm³/mol. The molecular formula is C19H29O5S2Si-. The van der Waals surface area contributed by atoms with Gasteiger partial charge in [0.05, 0.1) is 4.75 Å². The Balaban J connectivity index is 2.74. The lowest BCUT2D eigenvalue weighted by atomic mass is 9.83. The average molecular weight is 430 g/mol. The van der Waals surface area contributed by atoms with E-state index in [1.165, 1.54) is 0 Å². The molecule has 0 amide bonds. The monoisotopic (exact) mass is 429 g/mol. The van der Waals surface area contributed by atoms with Gasteiger partial charge in [0, 0.05) is 25.0 Å². The lowest BCUT2D eigenvalue weighted by Crippen LogP contribution is -2.52. The van der Waals surface area contributed by atoms with E-state index in [1.807, 2.05) is 58.0 Å². The van der Waals surface area contributed by atoms with Gasteiger partial charge in [-0.1, -0.05) is 43.7 Å². The van der Waals surface area contributed by atoms with E-state index in [-0.39, 0.29) is 6.42 Å². The zero-order valence-corrected chi connectivity index (χ0v) is 19.1. The first-order chi connectivity index (χ1) is 12.8. The molecule has 0 bridgehead atoms. The first-order valence-corrected chi connectivity index (χ1v) is 13.6. The van der Waals surface area contributed by atoms with Crippen LogP contribution in [-0.4, -0.2) is 37.4 Å². The van der Waals surface area contributed by atoms with Crippen LogP contribution in [0.4, 0.5) is 0 Å². The maximum Gasteiger partial charge on any atom is 0.533 e. The fraction of sp³-hybridized carbons (Fsp3) is 0.579. The Labute approximate surface area is 169 Å². The maximum absolute atomic E-state index is 12.9. The molecule has 0 heterocycles. The quantitative estimate of drug-likeness (QED) is 0.525. The molecule has 5 nitrogen and oxygen atoms in total. The smallest absolute Gasteiger partial charge is 0.533 e. The normalized spacial score (nSPS) is 22.0. The van der Waals surface area contributed by atoms with Gasteiger partial charge in [0.15, 0.2) is 0 Å². The SMILES string of the molecule is CCCC1(S(=O)([O-])=S)CC([Si](OCC)(OCC)OCC)=Cc2ccccc21. The third-order valence-corrected chi connectivity index (χ3v) is 10.4. The highest BCUT2D eigenvalue weighted by atomic mass is 32.8. The summed E-state index contributed by atoms with van der Waals surface area (Å²) in [6.45, 7) is 8.91. The van der Waals surface area contributed by atoms with Crippen LogP contribution < -0.4 is 0 Å². The third kappa shape index (κ3) is 4.37.